The molecule has 0 radical (unpaired) electrons. The quantitative estimate of drug-likeness (QED) is 0.105. The Balaban J connectivity index is 1.45. The zero-order valence-electron chi connectivity index (χ0n) is 26.5. The van der Waals surface area contributed by atoms with Crippen LogP contribution in [-0.4, -0.2) is 65.1 Å². The average molecular weight is 687 g/mol. The van der Waals surface area contributed by atoms with Crippen molar-refractivity contribution in [1.29, 1.82) is 0 Å². The lowest BCUT2D eigenvalue weighted by atomic mass is 9.97. The van der Waals surface area contributed by atoms with Crippen LogP contribution < -0.4 is 14.5 Å². The van der Waals surface area contributed by atoms with E-state index in [1.807, 2.05) is 61.3 Å². The molecule has 8 nitrogen and oxygen atoms in total. The molecule has 6 rings (SSSR count). The summed E-state index contributed by atoms with van der Waals surface area (Å²) in [6, 6.07) is 18.5. The molecule has 3 heterocycles. The van der Waals surface area contributed by atoms with E-state index in [4.69, 9.17) is 9.57 Å². The van der Waals surface area contributed by atoms with Crippen molar-refractivity contribution in [3.8, 4) is 16.9 Å². The molecule has 3 aromatic carbocycles. The molecule has 0 bridgehead atoms. The number of hydrogen-bond acceptors (Lipinski definition) is 6. The van der Waals surface area contributed by atoms with Gasteiger partial charge in [-0.1, -0.05) is 50.2 Å². The van der Waals surface area contributed by atoms with Crippen LogP contribution in [0.1, 0.15) is 25.1 Å². The molecule has 1 N–H and O–H groups in total. The summed E-state index contributed by atoms with van der Waals surface area (Å²) in [5.41, 5.74) is 3.44. The summed E-state index contributed by atoms with van der Waals surface area (Å²) in [5.74, 6) is -5.25. The molecule has 49 heavy (non-hydrogen) atoms. The van der Waals surface area contributed by atoms with Crippen molar-refractivity contribution >= 4 is 39.4 Å². The van der Waals surface area contributed by atoms with E-state index in [9.17, 15) is 35.9 Å². The molecule has 0 aliphatic carbocycles. The molecule has 5 aromatic rings. The van der Waals surface area contributed by atoms with Crippen LogP contribution in [0, 0.1) is 5.92 Å². The third kappa shape index (κ3) is 7.09. The molecular formula is C35H32F6N4O4. The number of aromatic nitrogens is 2. The number of anilines is 1. The maximum absolute atomic E-state index is 13.6. The molecular weight excluding hydrogens is 654 g/mol. The minimum atomic E-state index is -5.38. The van der Waals surface area contributed by atoms with Crippen molar-refractivity contribution in [3.05, 3.63) is 84.2 Å². The molecule has 14 heteroatoms. The van der Waals surface area contributed by atoms with Gasteiger partial charge >= 0.3 is 24.3 Å². The molecule has 1 aliphatic rings. The van der Waals surface area contributed by atoms with Gasteiger partial charge in [0, 0.05) is 61.1 Å². The Morgan fingerprint density at radius 2 is 1.51 bits per heavy atom. The molecule has 1 aliphatic heterocycles. The Hall–Kier alpha value is -4.98. The van der Waals surface area contributed by atoms with Gasteiger partial charge in [0.2, 0.25) is 0 Å². The van der Waals surface area contributed by atoms with E-state index in [2.05, 4.69) is 9.88 Å². The summed E-state index contributed by atoms with van der Waals surface area (Å²) in [7, 11) is 0. The highest BCUT2D eigenvalue weighted by Crippen LogP contribution is 2.42. The first-order valence-corrected chi connectivity index (χ1v) is 15.6. The van der Waals surface area contributed by atoms with Gasteiger partial charge in [0.1, 0.15) is 5.75 Å². The van der Waals surface area contributed by atoms with Gasteiger partial charge in [0.05, 0.1) is 16.6 Å². The predicted octanol–water partition coefficient (Wildman–Crippen LogP) is 7.30. The molecule has 258 valence electrons. The van der Waals surface area contributed by atoms with Crippen LogP contribution in [0.5, 0.6) is 5.75 Å². The Bertz CT molecular complexity index is 1990. The standard InChI is InChI=1S/C35H32F6N4O4/c1-21(2)19-22-9-11-23(12-10-22)30-28(20-43-15-17-44(18-16-43)26-6-3-5-25-24(26)13-14-42-25)45(49-33(47)35(39,40)41)27-7-4-8-29(31(27)30)48-32(46)34(36,37)38/h3-14,21,42H,15-20H2,1-2H3. The minimum Gasteiger partial charge on any atom is -0.419 e. The number of alkyl halides is 6. The molecule has 1 fully saturated rings. The Labute approximate surface area is 276 Å². The van der Waals surface area contributed by atoms with Gasteiger partial charge in [-0.2, -0.15) is 31.1 Å². The number of piperazine rings is 1. The van der Waals surface area contributed by atoms with Gasteiger partial charge in [-0.3, -0.25) is 4.90 Å². The summed E-state index contributed by atoms with van der Waals surface area (Å²) in [6.07, 6.45) is -8.15. The number of esters is 1. The zero-order valence-corrected chi connectivity index (χ0v) is 26.5. The largest absolute Gasteiger partial charge is 0.493 e. The van der Waals surface area contributed by atoms with Crippen LogP contribution in [0.3, 0.4) is 0 Å². The number of carbonyl (C=O) groups excluding carboxylic acids is 2. The fourth-order valence-corrected chi connectivity index (χ4v) is 6.25. The number of H-pyrrole nitrogens is 1. The number of benzene rings is 3. The predicted molar refractivity (Wildman–Crippen MR) is 171 cm³/mol. The van der Waals surface area contributed by atoms with Gasteiger partial charge in [-0.05, 0) is 53.8 Å². The summed E-state index contributed by atoms with van der Waals surface area (Å²) in [4.78, 5) is 36.6. The van der Waals surface area contributed by atoms with Crippen molar-refractivity contribution < 1.29 is 45.5 Å². The second-order valence-electron chi connectivity index (χ2n) is 12.3. The van der Waals surface area contributed by atoms with E-state index >= 15 is 0 Å². The molecule has 2 aromatic heterocycles. The van der Waals surface area contributed by atoms with Crippen molar-refractivity contribution in [2.45, 2.75) is 39.2 Å². The Kier molecular flexibility index (Phi) is 9.09. The second-order valence-corrected chi connectivity index (χ2v) is 12.3. The van der Waals surface area contributed by atoms with E-state index in [1.54, 1.807) is 12.1 Å². The first-order valence-electron chi connectivity index (χ1n) is 15.6. The van der Waals surface area contributed by atoms with Crippen molar-refractivity contribution in [2.75, 3.05) is 31.1 Å². The summed E-state index contributed by atoms with van der Waals surface area (Å²) in [6.45, 7) is 6.05. The van der Waals surface area contributed by atoms with Crippen molar-refractivity contribution in [1.82, 2.24) is 14.6 Å². The van der Waals surface area contributed by atoms with Crippen LogP contribution in [0.25, 0.3) is 32.9 Å². The number of carbonyl (C=O) groups is 2. The fourth-order valence-electron chi connectivity index (χ4n) is 6.25. The highest BCUT2D eigenvalue weighted by atomic mass is 19.4. The first-order chi connectivity index (χ1) is 23.2. The second kappa shape index (κ2) is 13.1. The zero-order chi connectivity index (χ0) is 35.1. The number of rotatable bonds is 8. The third-order valence-electron chi connectivity index (χ3n) is 8.39. The van der Waals surface area contributed by atoms with Crippen molar-refractivity contribution in [3.63, 3.8) is 0 Å². The third-order valence-corrected chi connectivity index (χ3v) is 8.39. The number of aromatic amines is 1. The maximum atomic E-state index is 13.6. The normalized spacial score (nSPS) is 14.6. The van der Waals surface area contributed by atoms with Crippen LogP contribution in [0.2, 0.25) is 0 Å². The maximum Gasteiger partial charge on any atom is 0.493 e. The lowest BCUT2D eigenvalue weighted by Gasteiger charge is -2.36. The van der Waals surface area contributed by atoms with Gasteiger partial charge < -0.3 is 19.5 Å². The van der Waals surface area contributed by atoms with E-state index in [-0.39, 0.29) is 28.7 Å². The van der Waals surface area contributed by atoms with Crippen LogP contribution in [0.4, 0.5) is 32.0 Å². The fraction of sp³-hybridized carbons (Fsp3) is 0.314. The van der Waals surface area contributed by atoms with E-state index in [0.29, 0.717) is 42.4 Å². The number of ether oxygens (including phenoxy) is 1. The highest BCUT2D eigenvalue weighted by molar-refractivity contribution is 6.03. The number of fused-ring (bicyclic) bond motifs is 2. The first kappa shape index (κ1) is 33.9. The smallest absolute Gasteiger partial charge is 0.419 e. The van der Waals surface area contributed by atoms with E-state index in [0.717, 1.165) is 34.6 Å². The van der Waals surface area contributed by atoms with Crippen LogP contribution in [-0.2, 0) is 22.6 Å². The number of hydrogen-bond donors (Lipinski definition) is 1. The Morgan fingerprint density at radius 1 is 0.837 bits per heavy atom. The molecule has 0 saturated carbocycles. The SMILES string of the molecule is CC(C)Cc1ccc(-c2c(CN3CCN(c4cccc5[nH]ccc45)CC3)n(OC(=O)C(F)(F)F)c3cccc(OC(=O)C(F)(F)F)c23)cc1. The number of halogens is 6. The van der Waals surface area contributed by atoms with Gasteiger partial charge in [0.25, 0.3) is 0 Å². The Morgan fingerprint density at radius 3 is 2.16 bits per heavy atom. The van der Waals surface area contributed by atoms with Gasteiger partial charge in [-0.15, -0.1) is 0 Å². The minimum absolute atomic E-state index is 0.0439. The summed E-state index contributed by atoms with van der Waals surface area (Å²) < 4.78 is 86.2. The van der Waals surface area contributed by atoms with E-state index < -0.39 is 30.0 Å². The molecule has 0 spiro atoms. The molecule has 0 atom stereocenters. The summed E-state index contributed by atoms with van der Waals surface area (Å²) in [5, 5.41) is 0.929. The monoisotopic (exact) mass is 686 g/mol. The summed E-state index contributed by atoms with van der Waals surface area (Å²) >= 11 is 0. The lowest BCUT2D eigenvalue weighted by Crippen LogP contribution is -2.46. The molecule has 1 saturated heterocycles. The van der Waals surface area contributed by atoms with Gasteiger partial charge in [0.15, 0.2) is 0 Å². The molecule has 0 amide bonds. The van der Waals surface area contributed by atoms with E-state index in [1.165, 1.54) is 12.1 Å². The van der Waals surface area contributed by atoms with Crippen LogP contribution in [0.15, 0.2) is 72.9 Å². The molecule has 0 unspecified atom stereocenters. The van der Waals surface area contributed by atoms with Crippen molar-refractivity contribution in [2.24, 2.45) is 5.92 Å². The number of nitrogens with zero attached hydrogens (tertiary/aromatic N) is 3. The van der Waals surface area contributed by atoms with Crippen LogP contribution >= 0.6 is 0 Å². The average Bonchev–Trinajstić information content (AvgIpc) is 3.64. The van der Waals surface area contributed by atoms with Gasteiger partial charge in [-0.25, -0.2) is 9.59 Å². The number of nitrogens with one attached hydrogen (secondary N) is 1. The highest BCUT2D eigenvalue weighted by Gasteiger charge is 2.44. The lowest BCUT2D eigenvalue weighted by molar-refractivity contribution is -0.199. The topological polar surface area (TPSA) is 79.8 Å².